The van der Waals surface area contributed by atoms with Gasteiger partial charge < -0.3 is 34.7 Å². The van der Waals surface area contributed by atoms with Crippen molar-refractivity contribution < 1.29 is 19.5 Å². The molecule has 61 valence electrons. The standard InChI is InChI=1S/C4H4N.4CH3.Ru/c1-2-4-5-3-1;;;;;/h1-3,5H;4*1H3;/q5*-1;+5. The van der Waals surface area contributed by atoms with Gasteiger partial charge in [-0.25, -0.2) is 0 Å². The number of aromatic nitrogens is 1. The van der Waals surface area contributed by atoms with Gasteiger partial charge in [0.25, 0.3) is 0 Å². The Bertz CT molecular complexity index is 65.7. The number of H-pyrrole nitrogens is 1. The van der Waals surface area contributed by atoms with E-state index in [-0.39, 0.29) is 49.2 Å². The molecule has 1 rings (SSSR count). The summed E-state index contributed by atoms with van der Waals surface area (Å²) in [7, 11) is 0. The van der Waals surface area contributed by atoms with Crippen LogP contribution in [0.1, 0.15) is 0 Å². The average Bonchev–Trinajstić information content (AvgIpc) is 1.76. The maximum atomic E-state index is 2.74. The van der Waals surface area contributed by atoms with Crippen LogP contribution in [0.3, 0.4) is 0 Å². The third-order valence-corrected chi connectivity index (χ3v) is 0.442. The summed E-state index contributed by atoms with van der Waals surface area (Å²) < 4.78 is 0. The molecular formula is C8H16NRu. The third kappa shape index (κ3) is 15.7. The Hall–Kier alpha value is -0.0966. The van der Waals surface area contributed by atoms with Crippen LogP contribution in [0.2, 0.25) is 0 Å². The Labute approximate surface area is 79.0 Å². The van der Waals surface area contributed by atoms with Gasteiger partial charge in [0.15, 0.2) is 0 Å². The smallest absolute Gasteiger partial charge is 0.484 e. The van der Waals surface area contributed by atoms with Crippen LogP contribution in [0.25, 0.3) is 0 Å². The van der Waals surface area contributed by atoms with Gasteiger partial charge in [0, 0.05) is 0 Å². The monoisotopic (exact) mass is 228 g/mol. The van der Waals surface area contributed by atoms with E-state index in [9.17, 15) is 0 Å². The second-order valence-electron chi connectivity index (χ2n) is 0.814. The Kier molecular flexibility index (Phi) is 75.5. The fourth-order valence-electron chi connectivity index (χ4n) is 0.241. The second kappa shape index (κ2) is 23.1. The summed E-state index contributed by atoms with van der Waals surface area (Å²) in [4.78, 5) is 2.74. The van der Waals surface area contributed by atoms with E-state index in [0.717, 1.165) is 0 Å². The summed E-state index contributed by atoms with van der Waals surface area (Å²) in [6.07, 6.45) is 4.56. The zero-order valence-electron chi connectivity index (χ0n) is 7.09. The molecule has 0 spiro atoms. The summed E-state index contributed by atoms with van der Waals surface area (Å²) in [5.41, 5.74) is 0. The average molecular weight is 227 g/mol. The fourth-order valence-corrected chi connectivity index (χ4v) is 0.241. The van der Waals surface area contributed by atoms with Crippen molar-refractivity contribution in [3.05, 3.63) is 54.2 Å². The number of rotatable bonds is 0. The fraction of sp³-hybridized carbons (Fsp3) is 0. The van der Waals surface area contributed by atoms with Gasteiger partial charge in [-0.05, 0) is 0 Å². The molecule has 1 aromatic rings. The van der Waals surface area contributed by atoms with Crippen LogP contribution in [0.5, 0.6) is 0 Å². The Morgan fingerprint density at radius 3 is 1.60 bits per heavy atom. The van der Waals surface area contributed by atoms with Gasteiger partial charge in [0.2, 0.25) is 0 Å². The maximum absolute atomic E-state index is 2.74. The molecule has 0 aliphatic carbocycles. The SMILES string of the molecule is [CH3-].[CH3-].[CH3-].[CH3-].[Ru+5].[c-]1ccc[nH]1. The molecule has 1 heterocycles. The number of hydrogen-bond acceptors (Lipinski definition) is 0. The Balaban J connectivity index is -0.0000000167. The first-order chi connectivity index (χ1) is 2.50. The van der Waals surface area contributed by atoms with E-state index in [4.69, 9.17) is 0 Å². The van der Waals surface area contributed by atoms with Gasteiger partial charge >= 0.3 is 19.5 Å². The van der Waals surface area contributed by atoms with Gasteiger partial charge in [-0.1, -0.05) is 0 Å². The molecule has 1 radical (unpaired) electrons. The van der Waals surface area contributed by atoms with Crippen molar-refractivity contribution in [2.75, 3.05) is 0 Å². The first-order valence-electron chi connectivity index (χ1n) is 1.49. The van der Waals surface area contributed by atoms with Crippen LogP contribution in [-0.4, -0.2) is 4.98 Å². The molecule has 0 fully saturated rings. The van der Waals surface area contributed by atoms with Gasteiger partial charge in [0.05, 0.1) is 0 Å². The van der Waals surface area contributed by atoms with E-state index in [2.05, 4.69) is 11.2 Å². The normalized spacial score (nSPS) is 4.00. The van der Waals surface area contributed by atoms with Crippen molar-refractivity contribution in [3.8, 4) is 0 Å². The van der Waals surface area contributed by atoms with Crippen molar-refractivity contribution in [1.82, 2.24) is 4.98 Å². The van der Waals surface area contributed by atoms with Crippen LogP contribution >= 0.6 is 0 Å². The molecule has 0 bridgehead atoms. The quantitative estimate of drug-likeness (QED) is 0.518. The van der Waals surface area contributed by atoms with Crippen LogP contribution in [-0.2, 0) is 19.5 Å². The predicted octanol–water partition coefficient (Wildman–Crippen LogP) is 2.61. The predicted molar refractivity (Wildman–Crippen MR) is 45.3 cm³/mol. The zero-order valence-corrected chi connectivity index (χ0v) is 8.82. The molecule has 1 nitrogen and oxygen atoms in total. The number of hydrogen-bond donors (Lipinski definition) is 1. The van der Waals surface area contributed by atoms with Gasteiger partial charge in [0.1, 0.15) is 0 Å². The summed E-state index contributed by atoms with van der Waals surface area (Å²) in [5, 5.41) is 0. The molecule has 2 heteroatoms. The molecule has 0 unspecified atom stereocenters. The summed E-state index contributed by atoms with van der Waals surface area (Å²) in [6, 6.07) is 3.71. The Morgan fingerprint density at radius 1 is 1.00 bits per heavy atom. The van der Waals surface area contributed by atoms with Crippen molar-refractivity contribution >= 4 is 0 Å². The van der Waals surface area contributed by atoms with E-state index in [0.29, 0.717) is 0 Å². The second-order valence-corrected chi connectivity index (χ2v) is 0.814. The molecular weight excluding hydrogens is 211 g/mol. The van der Waals surface area contributed by atoms with E-state index in [1.165, 1.54) is 0 Å². The largest absolute Gasteiger partial charge is 5.00 e. The molecule has 0 atom stereocenters. The summed E-state index contributed by atoms with van der Waals surface area (Å²) in [6.45, 7) is 0. The van der Waals surface area contributed by atoms with E-state index >= 15 is 0 Å². The molecule has 0 amide bonds. The first kappa shape index (κ1) is 32.7. The molecule has 10 heavy (non-hydrogen) atoms. The minimum atomic E-state index is 0. The van der Waals surface area contributed by atoms with Crippen molar-refractivity contribution in [1.29, 1.82) is 0 Å². The van der Waals surface area contributed by atoms with E-state index in [1.54, 1.807) is 0 Å². The molecule has 1 aromatic heterocycles. The molecule has 0 aliphatic heterocycles. The van der Waals surface area contributed by atoms with E-state index < -0.39 is 0 Å². The molecule has 1 N–H and O–H groups in total. The van der Waals surface area contributed by atoms with Gasteiger partial charge in [-0.15, -0.1) is 6.20 Å². The Morgan fingerprint density at radius 2 is 1.50 bits per heavy atom. The van der Waals surface area contributed by atoms with Gasteiger partial charge in [-0.3, -0.25) is 0 Å². The maximum Gasteiger partial charge on any atom is 5.00 e. The van der Waals surface area contributed by atoms with Crippen LogP contribution < -0.4 is 0 Å². The molecule has 0 aromatic carbocycles. The minimum Gasteiger partial charge on any atom is -0.484 e. The van der Waals surface area contributed by atoms with Crippen molar-refractivity contribution in [2.24, 2.45) is 0 Å². The summed E-state index contributed by atoms with van der Waals surface area (Å²) in [5.74, 6) is 0. The minimum absolute atomic E-state index is 0. The van der Waals surface area contributed by atoms with Crippen molar-refractivity contribution in [2.45, 2.75) is 0 Å². The van der Waals surface area contributed by atoms with Crippen LogP contribution in [0, 0.1) is 35.9 Å². The molecule has 0 saturated carbocycles. The van der Waals surface area contributed by atoms with Crippen LogP contribution in [0.4, 0.5) is 0 Å². The molecule has 0 aliphatic rings. The summed E-state index contributed by atoms with van der Waals surface area (Å²) >= 11 is 0. The third-order valence-electron chi connectivity index (χ3n) is 0.442. The van der Waals surface area contributed by atoms with Gasteiger partial charge in [-0.2, -0.15) is 18.3 Å². The first-order valence-corrected chi connectivity index (χ1v) is 1.49. The molecule has 0 saturated heterocycles. The van der Waals surface area contributed by atoms with Crippen molar-refractivity contribution in [3.63, 3.8) is 0 Å². The number of aromatic amines is 1. The van der Waals surface area contributed by atoms with Crippen LogP contribution in [0.15, 0.2) is 18.3 Å². The topological polar surface area (TPSA) is 15.8 Å². The number of nitrogens with one attached hydrogen (secondary N) is 1. The zero-order chi connectivity index (χ0) is 3.54. The van der Waals surface area contributed by atoms with E-state index in [1.807, 2.05) is 18.3 Å².